The molecule has 5 heteroatoms. The highest BCUT2D eigenvalue weighted by Gasteiger charge is 2.30. The van der Waals surface area contributed by atoms with Crippen LogP contribution in [0.1, 0.15) is 24.9 Å². The van der Waals surface area contributed by atoms with Crippen molar-refractivity contribution >= 4 is 29.1 Å². The second-order valence-corrected chi connectivity index (χ2v) is 5.50. The van der Waals surface area contributed by atoms with Gasteiger partial charge in [-0.2, -0.15) is 0 Å². The Balaban J connectivity index is 2.08. The minimum atomic E-state index is -0.114. The summed E-state index contributed by atoms with van der Waals surface area (Å²) in [5.41, 5.74) is 0.961. The minimum absolute atomic E-state index is 0.0233. The Labute approximate surface area is 117 Å². The SMILES string of the molecule is CC(NC1CCN(C)C1=O)c1ccc(Cl)cc1Cl. The quantitative estimate of drug-likeness (QED) is 0.927. The lowest BCUT2D eigenvalue weighted by Gasteiger charge is -2.20. The van der Waals surface area contributed by atoms with Crippen molar-refractivity contribution in [2.24, 2.45) is 0 Å². The van der Waals surface area contributed by atoms with Gasteiger partial charge >= 0.3 is 0 Å². The molecule has 0 bridgehead atoms. The van der Waals surface area contributed by atoms with E-state index in [9.17, 15) is 4.79 Å². The average molecular weight is 287 g/mol. The normalized spacial score (nSPS) is 21.4. The van der Waals surface area contributed by atoms with Crippen molar-refractivity contribution in [1.82, 2.24) is 10.2 Å². The number of hydrogen-bond donors (Lipinski definition) is 1. The first kappa shape index (κ1) is 13.7. The number of nitrogens with one attached hydrogen (secondary N) is 1. The molecule has 1 heterocycles. The highest BCUT2D eigenvalue weighted by molar-refractivity contribution is 6.35. The molecule has 1 aliphatic heterocycles. The number of rotatable bonds is 3. The maximum Gasteiger partial charge on any atom is 0.239 e. The first-order chi connectivity index (χ1) is 8.49. The molecule has 0 spiro atoms. The first-order valence-corrected chi connectivity index (χ1v) is 6.70. The van der Waals surface area contributed by atoms with E-state index in [0.29, 0.717) is 10.0 Å². The van der Waals surface area contributed by atoms with Crippen molar-refractivity contribution in [2.45, 2.75) is 25.4 Å². The molecule has 18 heavy (non-hydrogen) atoms. The molecule has 2 unspecified atom stereocenters. The maximum absolute atomic E-state index is 11.8. The molecule has 98 valence electrons. The van der Waals surface area contributed by atoms with Crippen LogP contribution < -0.4 is 5.32 Å². The zero-order chi connectivity index (χ0) is 13.3. The van der Waals surface area contributed by atoms with Gasteiger partial charge in [0.25, 0.3) is 0 Å². The zero-order valence-corrected chi connectivity index (χ0v) is 11.9. The first-order valence-electron chi connectivity index (χ1n) is 5.95. The van der Waals surface area contributed by atoms with Gasteiger partial charge in [-0.1, -0.05) is 29.3 Å². The number of likely N-dealkylation sites (N-methyl/N-ethyl adjacent to an activating group) is 1. The molecule has 1 fully saturated rings. The van der Waals surface area contributed by atoms with Crippen LogP contribution in [0.5, 0.6) is 0 Å². The lowest BCUT2D eigenvalue weighted by molar-refractivity contribution is -0.128. The van der Waals surface area contributed by atoms with Crippen molar-refractivity contribution in [3.05, 3.63) is 33.8 Å². The lowest BCUT2D eigenvalue weighted by Crippen LogP contribution is -2.38. The van der Waals surface area contributed by atoms with Gasteiger partial charge in [0.15, 0.2) is 0 Å². The van der Waals surface area contributed by atoms with Crippen LogP contribution in [-0.2, 0) is 4.79 Å². The summed E-state index contributed by atoms with van der Waals surface area (Å²) in [7, 11) is 1.82. The third-order valence-electron chi connectivity index (χ3n) is 3.31. The smallest absolute Gasteiger partial charge is 0.239 e. The van der Waals surface area contributed by atoms with Gasteiger partial charge in [0.2, 0.25) is 5.91 Å². The van der Waals surface area contributed by atoms with Crippen molar-refractivity contribution in [3.8, 4) is 0 Å². The van der Waals surface area contributed by atoms with Crippen LogP contribution in [0.2, 0.25) is 10.0 Å². The van der Waals surface area contributed by atoms with Crippen LogP contribution in [0.15, 0.2) is 18.2 Å². The Morgan fingerprint density at radius 2 is 2.17 bits per heavy atom. The molecule has 0 aliphatic carbocycles. The summed E-state index contributed by atoms with van der Waals surface area (Å²) in [5.74, 6) is 0.145. The summed E-state index contributed by atoms with van der Waals surface area (Å²) in [4.78, 5) is 13.6. The van der Waals surface area contributed by atoms with Gasteiger partial charge in [0.1, 0.15) is 0 Å². The summed E-state index contributed by atoms with van der Waals surface area (Å²) in [6.07, 6.45) is 0.838. The Hall–Kier alpha value is -0.770. The van der Waals surface area contributed by atoms with Crippen LogP contribution in [0.3, 0.4) is 0 Å². The summed E-state index contributed by atoms with van der Waals surface area (Å²) < 4.78 is 0. The number of carbonyl (C=O) groups is 1. The van der Waals surface area contributed by atoms with Crippen LogP contribution in [-0.4, -0.2) is 30.4 Å². The highest BCUT2D eigenvalue weighted by atomic mass is 35.5. The molecule has 2 atom stereocenters. The Bertz CT molecular complexity index is 464. The van der Waals surface area contributed by atoms with E-state index in [1.165, 1.54) is 0 Å². The lowest BCUT2D eigenvalue weighted by atomic mass is 10.1. The van der Waals surface area contributed by atoms with Gasteiger partial charge < -0.3 is 4.90 Å². The van der Waals surface area contributed by atoms with E-state index in [1.54, 1.807) is 11.0 Å². The summed E-state index contributed by atoms with van der Waals surface area (Å²) in [6.45, 7) is 2.80. The molecular formula is C13H16Cl2N2O. The van der Waals surface area contributed by atoms with E-state index >= 15 is 0 Å². The Kier molecular flexibility index (Phi) is 4.15. The number of amides is 1. The fourth-order valence-corrected chi connectivity index (χ4v) is 2.79. The number of benzene rings is 1. The fraction of sp³-hybridized carbons (Fsp3) is 0.462. The molecule has 1 aromatic rings. The monoisotopic (exact) mass is 286 g/mol. The van der Waals surface area contributed by atoms with E-state index < -0.39 is 0 Å². The van der Waals surface area contributed by atoms with E-state index in [-0.39, 0.29) is 18.0 Å². The Morgan fingerprint density at radius 3 is 2.72 bits per heavy atom. The van der Waals surface area contributed by atoms with E-state index in [2.05, 4.69) is 5.32 Å². The molecule has 1 aliphatic rings. The topological polar surface area (TPSA) is 32.3 Å². The zero-order valence-electron chi connectivity index (χ0n) is 10.4. The average Bonchev–Trinajstić information content (AvgIpc) is 2.61. The van der Waals surface area contributed by atoms with Crippen LogP contribution in [0.4, 0.5) is 0 Å². The van der Waals surface area contributed by atoms with Crippen molar-refractivity contribution < 1.29 is 4.79 Å². The summed E-state index contributed by atoms with van der Waals surface area (Å²) in [5, 5.41) is 4.56. The number of likely N-dealkylation sites (tertiary alicyclic amines) is 1. The standard InChI is InChI=1S/C13H16Cl2N2O/c1-8(10-4-3-9(14)7-11(10)15)16-12-5-6-17(2)13(12)18/h3-4,7-8,12,16H,5-6H2,1-2H3. The van der Waals surface area contributed by atoms with Crippen molar-refractivity contribution in [2.75, 3.05) is 13.6 Å². The van der Waals surface area contributed by atoms with E-state index in [1.807, 2.05) is 26.1 Å². The van der Waals surface area contributed by atoms with E-state index in [0.717, 1.165) is 18.5 Å². The van der Waals surface area contributed by atoms with Gasteiger partial charge in [0.05, 0.1) is 6.04 Å². The van der Waals surface area contributed by atoms with Crippen LogP contribution >= 0.6 is 23.2 Å². The van der Waals surface area contributed by atoms with Gasteiger partial charge in [-0.3, -0.25) is 10.1 Å². The summed E-state index contributed by atoms with van der Waals surface area (Å²) >= 11 is 12.0. The number of hydrogen-bond acceptors (Lipinski definition) is 2. The predicted octanol–water partition coefficient (Wildman–Crippen LogP) is 2.87. The second-order valence-electron chi connectivity index (χ2n) is 4.66. The van der Waals surface area contributed by atoms with Crippen LogP contribution in [0, 0.1) is 0 Å². The molecule has 0 radical (unpaired) electrons. The predicted molar refractivity (Wildman–Crippen MR) is 74.1 cm³/mol. The number of carbonyl (C=O) groups excluding carboxylic acids is 1. The Morgan fingerprint density at radius 1 is 1.44 bits per heavy atom. The molecule has 2 rings (SSSR count). The molecule has 0 saturated carbocycles. The molecular weight excluding hydrogens is 271 g/mol. The number of nitrogens with zero attached hydrogens (tertiary/aromatic N) is 1. The molecule has 1 N–H and O–H groups in total. The minimum Gasteiger partial charge on any atom is -0.344 e. The fourth-order valence-electron chi connectivity index (χ4n) is 2.22. The largest absolute Gasteiger partial charge is 0.344 e. The van der Waals surface area contributed by atoms with Gasteiger partial charge in [-0.25, -0.2) is 0 Å². The van der Waals surface area contributed by atoms with Crippen molar-refractivity contribution in [1.29, 1.82) is 0 Å². The molecule has 1 amide bonds. The third-order valence-corrected chi connectivity index (χ3v) is 3.87. The van der Waals surface area contributed by atoms with Gasteiger partial charge in [0, 0.05) is 29.7 Å². The van der Waals surface area contributed by atoms with Gasteiger partial charge in [-0.15, -0.1) is 0 Å². The third kappa shape index (κ3) is 2.79. The van der Waals surface area contributed by atoms with Crippen LogP contribution in [0.25, 0.3) is 0 Å². The maximum atomic E-state index is 11.8. The molecule has 1 aromatic carbocycles. The molecule has 1 saturated heterocycles. The molecule has 3 nitrogen and oxygen atoms in total. The molecule has 0 aromatic heterocycles. The number of halogens is 2. The van der Waals surface area contributed by atoms with Gasteiger partial charge in [-0.05, 0) is 31.0 Å². The van der Waals surface area contributed by atoms with Crippen molar-refractivity contribution in [3.63, 3.8) is 0 Å². The second kappa shape index (κ2) is 5.47. The van der Waals surface area contributed by atoms with E-state index in [4.69, 9.17) is 23.2 Å². The highest BCUT2D eigenvalue weighted by Crippen LogP contribution is 2.27. The summed E-state index contributed by atoms with van der Waals surface area (Å²) in [6, 6.07) is 5.33.